The minimum Gasteiger partial charge on any atom is -0.347 e. The van der Waals surface area contributed by atoms with Crippen LogP contribution < -0.4 is 0 Å². The summed E-state index contributed by atoms with van der Waals surface area (Å²) >= 11 is 6.69. The van der Waals surface area contributed by atoms with Crippen LogP contribution in [0.3, 0.4) is 0 Å². The number of allylic oxidation sites excluding steroid dienone is 1. The molecule has 82 valence electrons. The molecule has 1 saturated heterocycles. The van der Waals surface area contributed by atoms with Crippen LogP contribution in [0.2, 0.25) is 0 Å². The van der Waals surface area contributed by atoms with E-state index in [4.69, 9.17) is 9.47 Å². The first-order valence-electron chi connectivity index (χ1n) is 4.90. The molecule has 0 aromatic heterocycles. The van der Waals surface area contributed by atoms with Gasteiger partial charge in [0.15, 0.2) is 5.79 Å². The molecule has 1 rings (SSSR count). The summed E-state index contributed by atoms with van der Waals surface area (Å²) in [6.07, 6.45) is 3.94. The van der Waals surface area contributed by atoms with Crippen molar-refractivity contribution in [3.05, 3.63) is 9.47 Å². The predicted octanol–water partition coefficient (Wildman–Crippen LogP) is 3.80. The minimum absolute atomic E-state index is 0.355. The van der Waals surface area contributed by atoms with E-state index in [-0.39, 0.29) is 5.79 Å². The lowest BCUT2D eigenvalue weighted by molar-refractivity contribution is -0.192. The van der Waals surface area contributed by atoms with Gasteiger partial charge in [0.2, 0.25) is 0 Å². The molecule has 0 saturated carbocycles. The van der Waals surface area contributed by atoms with Crippen LogP contribution >= 0.6 is 31.9 Å². The molecular formula is C10H16Br2O2. The Balaban J connectivity index is 2.56. The molecule has 1 aliphatic heterocycles. The van der Waals surface area contributed by atoms with Crippen LogP contribution in [0.15, 0.2) is 9.47 Å². The Hall–Kier alpha value is 0.620. The van der Waals surface area contributed by atoms with Crippen molar-refractivity contribution in [2.45, 2.75) is 32.5 Å². The van der Waals surface area contributed by atoms with E-state index in [2.05, 4.69) is 51.8 Å². The molecule has 1 fully saturated rings. The molecule has 0 radical (unpaired) electrons. The summed E-state index contributed by atoms with van der Waals surface area (Å²) in [5, 5.41) is 0. The largest absolute Gasteiger partial charge is 0.347 e. The van der Waals surface area contributed by atoms with Crippen molar-refractivity contribution < 1.29 is 9.47 Å². The number of ether oxygens (including phenoxy) is 2. The fourth-order valence-electron chi connectivity index (χ4n) is 1.75. The summed E-state index contributed by atoms with van der Waals surface area (Å²) in [5.74, 6) is 0.0199. The Morgan fingerprint density at radius 3 is 2.43 bits per heavy atom. The zero-order valence-electron chi connectivity index (χ0n) is 8.56. The fraction of sp³-hybridized carbons (Fsp3) is 0.800. The molecular weight excluding hydrogens is 312 g/mol. The Labute approximate surface area is 102 Å². The second kappa shape index (κ2) is 5.64. The van der Waals surface area contributed by atoms with Gasteiger partial charge in [-0.15, -0.1) is 0 Å². The normalized spacial score (nSPS) is 22.0. The lowest BCUT2D eigenvalue weighted by Crippen LogP contribution is -2.36. The summed E-state index contributed by atoms with van der Waals surface area (Å²) in [5.41, 5.74) is 0. The number of halogens is 2. The van der Waals surface area contributed by atoms with Crippen LogP contribution in [0.1, 0.15) is 26.7 Å². The average Bonchev–Trinajstić information content (AvgIpc) is 2.63. The quantitative estimate of drug-likeness (QED) is 0.782. The fourth-order valence-corrected chi connectivity index (χ4v) is 2.13. The first-order valence-corrected chi connectivity index (χ1v) is 6.48. The van der Waals surface area contributed by atoms with Crippen molar-refractivity contribution in [3.8, 4) is 0 Å². The maximum absolute atomic E-state index is 5.70. The molecule has 1 atom stereocenters. The van der Waals surface area contributed by atoms with Gasteiger partial charge in [0, 0.05) is 5.92 Å². The Morgan fingerprint density at radius 2 is 2.00 bits per heavy atom. The van der Waals surface area contributed by atoms with Crippen molar-refractivity contribution in [2.24, 2.45) is 5.92 Å². The van der Waals surface area contributed by atoms with E-state index < -0.39 is 0 Å². The van der Waals surface area contributed by atoms with Gasteiger partial charge in [0.05, 0.1) is 16.6 Å². The molecule has 0 N–H and O–H groups in total. The topological polar surface area (TPSA) is 18.5 Å². The Kier molecular flexibility index (Phi) is 5.11. The summed E-state index contributed by atoms with van der Waals surface area (Å²) in [7, 11) is 0. The highest BCUT2D eigenvalue weighted by Gasteiger charge is 2.39. The van der Waals surface area contributed by atoms with E-state index in [1.54, 1.807) is 0 Å². The molecule has 1 aliphatic rings. The maximum atomic E-state index is 5.70. The molecule has 0 aromatic carbocycles. The molecule has 0 bridgehead atoms. The van der Waals surface area contributed by atoms with Gasteiger partial charge in [-0.1, -0.05) is 19.9 Å². The van der Waals surface area contributed by atoms with Crippen LogP contribution in [0.4, 0.5) is 0 Å². The van der Waals surface area contributed by atoms with Crippen molar-refractivity contribution in [3.63, 3.8) is 0 Å². The summed E-state index contributed by atoms with van der Waals surface area (Å²) in [6.45, 7) is 5.71. The highest BCUT2D eigenvalue weighted by molar-refractivity contribution is 9.28. The van der Waals surface area contributed by atoms with Gasteiger partial charge in [0.25, 0.3) is 0 Å². The van der Waals surface area contributed by atoms with Crippen LogP contribution in [0.25, 0.3) is 0 Å². The van der Waals surface area contributed by atoms with E-state index in [0.717, 1.165) is 29.4 Å². The van der Waals surface area contributed by atoms with E-state index in [9.17, 15) is 0 Å². The first-order chi connectivity index (χ1) is 6.60. The predicted molar refractivity (Wildman–Crippen MR) is 64.6 cm³/mol. The lowest BCUT2D eigenvalue weighted by Gasteiger charge is -2.31. The smallest absolute Gasteiger partial charge is 0.171 e. The third kappa shape index (κ3) is 3.05. The Bertz CT molecular complexity index is 206. The Morgan fingerprint density at radius 1 is 1.43 bits per heavy atom. The third-order valence-corrected chi connectivity index (χ3v) is 3.29. The molecule has 0 aliphatic carbocycles. The third-order valence-electron chi connectivity index (χ3n) is 2.65. The monoisotopic (exact) mass is 326 g/mol. The maximum Gasteiger partial charge on any atom is 0.171 e. The molecule has 4 heteroatoms. The molecule has 14 heavy (non-hydrogen) atoms. The summed E-state index contributed by atoms with van der Waals surface area (Å²) in [6, 6.07) is 0. The van der Waals surface area contributed by atoms with Gasteiger partial charge in [0.1, 0.15) is 0 Å². The minimum atomic E-state index is -0.355. The van der Waals surface area contributed by atoms with Gasteiger partial charge in [-0.25, -0.2) is 0 Å². The van der Waals surface area contributed by atoms with Crippen molar-refractivity contribution >= 4 is 31.9 Å². The summed E-state index contributed by atoms with van der Waals surface area (Å²) in [4.78, 5) is 0. The molecule has 0 amide bonds. The van der Waals surface area contributed by atoms with E-state index in [0.29, 0.717) is 5.92 Å². The van der Waals surface area contributed by atoms with Crippen LogP contribution in [0, 0.1) is 5.92 Å². The van der Waals surface area contributed by atoms with Gasteiger partial charge < -0.3 is 9.47 Å². The summed E-state index contributed by atoms with van der Waals surface area (Å²) < 4.78 is 12.4. The van der Waals surface area contributed by atoms with Gasteiger partial charge in [-0.3, -0.25) is 0 Å². The lowest BCUT2D eigenvalue weighted by atomic mass is 9.95. The number of hydrogen-bond acceptors (Lipinski definition) is 2. The number of rotatable bonds is 4. The van der Waals surface area contributed by atoms with E-state index >= 15 is 0 Å². The van der Waals surface area contributed by atoms with Crippen molar-refractivity contribution in [2.75, 3.05) is 13.2 Å². The highest BCUT2D eigenvalue weighted by Crippen LogP contribution is 2.34. The first kappa shape index (κ1) is 12.7. The van der Waals surface area contributed by atoms with Gasteiger partial charge >= 0.3 is 0 Å². The van der Waals surface area contributed by atoms with Crippen molar-refractivity contribution in [1.82, 2.24) is 0 Å². The standard InChI is InChI=1S/C10H16Br2O2/c1-3-10(13-6-7-14-10)8(2)4-5-9(11)12/h5,8H,3-4,6-7H2,1-2H3/t8-/m0/s1. The molecule has 0 unspecified atom stereocenters. The van der Waals surface area contributed by atoms with Crippen LogP contribution in [-0.2, 0) is 9.47 Å². The highest BCUT2D eigenvalue weighted by atomic mass is 79.9. The number of hydrogen-bond donors (Lipinski definition) is 0. The van der Waals surface area contributed by atoms with Gasteiger partial charge in [-0.2, -0.15) is 0 Å². The van der Waals surface area contributed by atoms with Crippen LogP contribution in [-0.4, -0.2) is 19.0 Å². The molecule has 1 heterocycles. The van der Waals surface area contributed by atoms with Gasteiger partial charge in [-0.05, 0) is 44.7 Å². The zero-order valence-corrected chi connectivity index (χ0v) is 11.7. The second-order valence-electron chi connectivity index (χ2n) is 3.49. The van der Waals surface area contributed by atoms with E-state index in [1.807, 2.05) is 0 Å². The van der Waals surface area contributed by atoms with Crippen LogP contribution in [0.5, 0.6) is 0 Å². The molecule has 2 nitrogen and oxygen atoms in total. The molecule has 0 spiro atoms. The second-order valence-corrected chi connectivity index (χ2v) is 6.27. The van der Waals surface area contributed by atoms with Crippen molar-refractivity contribution in [1.29, 1.82) is 0 Å². The zero-order chi connectivity index (χ0) is 10.6. The molecule has 0 aromatic rings. The average molecular weight is 328 g/mol. The van der Waals surface area contributed by atoms with E-state index in [1.165, 1.54) is 0 Å². The SMILES string of the molecule is CCC1([C@@H](C)CC=C(Br)Br)OCCO1.